The monoisotopic (exact) mass is 395 g/mol. The first-order valence-corrected chi connectivity index (χ1v) is 8.68. The van der Waals surface area contributed by atoms with E-state index in [-0.39, 0.29) is 5.75 Å². The average Bonchev–Trinajstić information content (AvgIpc) is 2.84. The van der Waals surface area contributed by atoms with E-state index in [4.69, 9.17) is 31.0 Å². The van der Waals surface area contributed by atoms with E-state index in [1.165, 1.54) is 19.2 Å². The summed E-state index contributed by atoms with van der Waals surface area (Å²) in [5.41, 5.74) is 2.17. The molecule has 0 radical (unpaired) electrons. The molecular weight excluding hydrogens is 374 g/mol. The van der Waals surface area contributed by atoms with Crippen LogP contribution < -0.4 is 9.47 Å². The molecule has 1 aromatic carbocycles. The summed E-state index contributed by atoms with van der Waals surface area (Å²) in [6.45, 7) is 7.38. The fourth-order valence-corrected chi connectivity index (χ4v) is 2.44. The summed E-state index contributed by atoms with van der Waals surface area (Å²) in [6.07, 6.45) is 0.335. The van der Waals surface area contributed by atoms with E-state index in [9.17, 15) is 4.79 Å². The number of benzene rings is 1. The van der Waals surface area contributed by atoms with Crippen molar-refractivity contribution in [2.45, 2.75) is 33.8 Å². The molecule has 0 amide bonds. The maximum atomic E-state index is 11.2. The highest BCUT2D eigenvalue weighted by Crippen LogP contribution is 2.36. The summed E-state index contributed by atoms with van der Waals surface area (Å²) in [7, 11) is 1.76. The molecule has 1 aromatic heterocycles. The lowest BCUT2D eigenvalue weighted by Gasteiger charge is -2.16. The van der Waals surface area contributed by atoms with Crippen molar-refractivity contribution in [2.75, 3.05) is 6.61 Å². The molecule has 0 aliphatic rings. The number of aromatic nitrogens is 2. The van der Waals surface area contributed by atoms with Gasteiger partial charge in [-0.15, -0.1) is 0 Å². The average molecular weight is 396 g/mol. The van der Waals surface area contributed by atoms with Gasteiger partial charge in [0.15, 0.2) is 11.9 Å². The maximum Gasteiger partial charge on any atom is 0.344 e. The minimum absolute atomic E-state index is 0.254. The van der Waals surface area contributed by atoms with Crippen molar-refractivity contribution in [3.8, 4) is 17.4 Å². The Bertz CT molecular complexity index is 863. The van der Waals surface area contributed by atoms with Gasteiger partial charge in [-0.25, -0.2) is 9.48 Å². The second kappa shape index (κ2) is 8.77. The zero-order valence-corrected chi connectivity index (χ0v) is 16.6. The molecule has 0 spiro atoms. The van der Waals surface area contributed by atoms with Gasteiger partial charge in [0.1, 0.15) is 12.4 Å². The number of halogens is 1. The van der Waals surface area contributed by atoms with Gasteiger partial charge in [-0.3, -0.25) is 0 Å². The summed E-state index contributed by atoms with van der Waals surface area (Å²) >= 11 is 6.35. The van der Waals surface area contributed by atoms with Crippen molar-refractivity contribution in [3.63, 3.8) is 0 Å². The first-order valence-electron chi connectivity index (χ1n) is 8.31. The second-order valence-electron chi connectivity index (χ2n) is 5.81. The Hall–Kier alpha value is -2.74. The van der Waals surface area contributed by atoms with Crippen LogP contribution in [-0.2, 0) is 16.7 Å². The molecule has 8 nitrogen and oxygen atoms in total. The molecule has 0 bridgehead atoms. The summed E-state index contributed by atoms with van der Waals surface area (Å²) in [5.74, 6) is -0.00574. The molecule has 0 saturated heterocycles. The van der Waals surface area contributed by atoms with E-state index in [0.29, 0.717) is 28.8 Å². The van der Waals surface area contributed by atoms with Gasteiger partial charge >= 0.3 is 5.97 Å². The molecule has 1 atom stereocenters. The molecule has 0 aliphatic heterocycles. The third kappa shape index (κ3) is 4.91. The van der Waals surface area contributed by atoms with Gasteiger partial charge in [-0.1, -0.05) is 16.8 Å². The first kappa shape index (κ1) is 20.6. The molecular formula is C18H22ClN3O5. The smallest absolute Gasteiger partial charge is 0.344 e. The highest BCUT2D eigenvalue weighted by molar-refractivity contribution is 6.32. The quantitative estimate of drug-likeness (QED) is 0.540. The van der Waals surface area contributed by atoms with Crippen LogP contribution in [0.2, 0.25) is 5.02 Å². The summed E-state index contributed by atoms with van der Waals surface area (Å²) in [4.78, 5) is 16.1. The fourth-order valence-electron chi connectivity index (χ4n) is 2.23. The molecule has 9 heteroatoms. The first-order chi connectivity index (χ1) is 12.7. The number of oxime groups is 1. The number of ether oxygens (including phenoxy) is 2. The number of carboxylic acids is 1. The SMILES string of the molecule is CCO/N=C/c1cc(Cl)c(Oc2c(C)c(C)nn2C)cc1O[C@@H](C)C(=O)O. The Kier molecular flexibility index (Phi) is 6.68. The van der Waals surface area contributed by atoms with Gasteiger partial charge in [0, 0.05) is 24.2 Å². The molecule has 27 heavy (non-hydrogen) atoms. The Morgan fingerprint density at radius 3 is 2.67 bits per heavy atom. The van der Waals surface area contributed by atoms with E-state index in [2.05, 4.69) is 10.3 Å². The predicted octanol–water partition coefficient (Wildman–Crippen LogP) is 3.70. The van der Waals surface area contributed by atoms with Crippen molar-refractivity contribution in [2.24, 2.45) is 12.2 Å². The standard InChI is InChI=1S/C18H22ClN3O5/c1-6-25-20-9-13-7-14(19)16(8-15(13)26-12(4)18(23)24)27-17-10(2)11(3)21-22(17)5/h7-9,12H,6H2,1-5H3,(H,23,24)/b20-9+/t12-/m0/s1. The van der Waals surface area contributed by atoms with E-state index in [1.807, 2.05) is 13.8 Å². The number of hydrogen-bond acceptors (Lipinski definition) is 6. The summed E-state index contributed by atoms with van der Waals surface area (Å²) in [6, 6.07) is 3.10. The van der Waals surface area contributed by atoms with Crippen molar-refractivity contribution < 1.29 is 24.2 Å². The lowest BCUT2D eigenvalue weighted by molar-refractivity contribution is -0.144. The van der Waals surface area contributed by atoms with Crippen LogP contribution in [0.1, 0.15) is 30.7 Å². The molecule has 1 heterocycles. The predicted molar refractivity (Wildman–Crippen MR) is 101 cm³/mol. The molecule has 0 fully saturated rings. The molecule has 0 unspecified atom stereocenters. The zero-order chi connectivity index (χ0) is 20.1. The van der Waals surface area contributed by atoms with Gasteiger partial charge in [0.05, 0.1) is 16.9 Å². The van der Waals surface area contributed by atoms with Crippen molar-refractivity contribution >= 4 is 23.8 Å². The number of carboxylic acid groups (broad SMARTS) is 1. The largest absolute Gasteiger partial charge is 0.479 e. The number of nitrogens with zero attached hydrogens (tertiary/aromatic N) is 3. The third-order valence-electron chi connectivity index (χ3n) is 3.78. The highest BCUT2D eigenvalue weighted by Gasteiger charge is 2.19. The minimum atomic E-state index is -1.10. The molecule has 146 valence electrons. The summed E-state index contributed by atoms with van der Waals surface area (Å²) in [5, 5.41) is 17.5. The zero-order valence-electron chi connectivity index (χ0n) is 15.8. The molecule has 2 aromatic rings. The number of aryl methyl sites for hydroxylation is 2. The van der Waals surface area contributed by atoms with E-state index in [1.54, 1.807) is 24.7 Å². The van der Waals surface area contributed by atoms with Gasteiger partial charge in [-0.2, -0.15) is 5.10 Å². The normalized spacial score (nSPS) is 12.2. The topological polar surface area (TPSA) is 95.2 Å². The molecule has 0 saturated carbocycles. The molecule has 1 N–H and O–H groups in total. The third-order valence-corrected chi connectivity index (χ3v) is 4.07. The van der Waals surface area contributed by atoms with Crippen LogP contribution in [0.3, 0.4) is 0 Å². The maximum absolute atomic E-state index is 11.2. The van der Waals surface area contributed by atoms with Gasteiger partial charge in [0.25, 0.3) is 0 Å². The number of aliphatic carboxylic acids is 1. The lowest BCUT2D eigenvalue weighted by atomic mass is 10.2. The van der Waals surface area contributed by atoms with Gasteiger partial charge in [-0.05, 0) is 33.8 Å². The van der Waals surface area contributed by atoms with Gasteiger partial charge < -0.3 is 19.4 Å². The number of carbonyl (C=O) groups is 1. The van der Waals surface area contributed by atoms with Crippen molar-refractivity contribution in [1.82, 2.24) is 9.78 Å². The fraction of sp³-hybridized carbons (Fsp3) is 0.389. The van der Waals surface area contributed by atoms with Gasteiger partial charge in [0.2, 0.25) is 5.88 Å². The van der Waals surface area contributed by atoms with E-state index >= 15 is 0 Å². The Balaban J connectivity index is 2.44. The second-order valence-corrected chi connectivity index (χ2v) is 6.22. The van der Waals surface area contributed by atoms with Crippen LogP contribution in [0.4, 0.5) is 0 Å². The van der Waals surface area contributed by atoms with Crippen LogP contribution >= 0.6 is 11.6 Å². The Labute approximate surface area is 162 Å². The van der Waals surface area contributed by atoms with Crippen LogP contribution in [0.5, 0.6) is 17.4 Å². The minimum Gasteiger partial charge on any atom is -0.479 e. The molecule has 0 aliphatic carbocycles. The number of rotatable bonds is 8. The van der Waals surface area contributed by atoms with Crippen LogP contribution in [-0.4, -0.2) is 39.8 Å². The van der Waals surface area contributed by atoms with Crippen LogP contribution in [0, 0.1) is 13.8 Å². The van der Waals surface area contributed by atoms with E-state index in [0.717, 1.165) is 11.3 Å². The van der Waals surface area contributed by atoms with E-state index < -0.39 is 12.1 Å². The lowest BCUT2D eigenvalue weighted by Crippen LogP contribution is -2.23. The molecule has 2 rings (SSSR count). The highest BCUT2D eigenvalue weighted by atomic mass is 35.5. The van der Waals surface area contributed by atoms with Crippen molar-refractivity contribution in [1.29, 1.82) is 0 Å². The van der Waals surface area contributed by atoms with Crippen LogP contribution in [0.25, 0.3) is 0 Å². The van der Waals surface area contributed by atoms with Crippen molar-refractivity contribution in [3.05, 3.63) is 34.0 Å². The Morgan fingerprint density at radius 1 is 1.41 bits per heavy atom. The van der Waals surface area contributed by atoms with Crippen LogP contribution in [0.15, 0.2) is 17.3 Å². The summed E-state index contributed by atoms with van der Waals surface area (Å²) < 4.78 is 13.1. The number of hydrogen-bond donors (Lipinski definition) is 1. The Morgan fingerprint density at radius 2 is 2.11 bits per heavy atom.